The van der Waals surface area contributed by atoms with Gasteiger partial charge in [0.15, 0.2) is 0 Å². The Morgan fingerprint density at radius 2 is 2.24 bits per heavy atom. The molecule has 0 aliphatic heterocycles. The molecule has 1 aromatic carbocycles. The molecular weight excluding hydrogens is 241 g/mol. The Morgan fingerprint density at radius 1 is 1.53 bits per heavy atom. The third kappa shape index (κ3) is 3.92. The summed E-state index contributed by atoms with van der Waals surface area (Å²) in [5, 5.41) is 9.92. The first-order chi connectivity index (χ1) is 7.97. The highest BCUT2D eigenvalue weighted by molar-refractivity contribution is 6.30. The Balaban J connectivity index is 2.94. The monoisotopic (exact) mass is 255 g/mol. The Kier molecular flexibility index (Phi) is 4.80. The largest absolute Gasteiger partial charge is 0.398 e. The van der Waals surface area contributed by atoms with Gasteiger partial charge in [-0.25, -0.2) is 0 Å². The van der Waals surface area contributed by atoms with E-state index >= 15 is 0 Å². The van der Waals surface area contributed by atoms with Crippen LogP contribution >= 0.6 is 11.6 Å². The lowest BCUT2D eigenvalue weighted by Crippen LogP contribution is -2.18. The summed E-state index contributed by atoms with van der Waals surface area (Å²) in [6, 6.07) is 4.25. The molecule has 0 unspecified atom stereocenters. The molecule has 0 saturated carbocycles. The zero-order valence-corrected chi connectivity index (χ0v) is 10.4. The maximum atomic E-state index is 13.9. The zero-order chi connectivity index (χ0) is 12.9. The number of rotatable bonds is 3. The van der Waals surface area contributed by atoms with Crippen LogP contribution in [0.4, 0.5) is 10.1 Å². The maximum Gasteiger partial charge on any atom is 0.298 e. The highest BCUT2D eigenvalue weighted by atomic mass is 35.5. The van der Waals surface area contributed by atoms with Crippen LogP contribution in [0.25, 0.3) is 0 Å². The summed E-state index contributed by atoms with van der Waals surface area (Å²) in [7, 11) is 0. The zero-order valence-electron chi connectivity index (χ0n) is 9.63. The fraction of sp³-hybridized carbons (Fsp3) is 0.385. The lowest BCUT2D eigenvalue weighted by molar-refractivity contribution is -0.0360. The van der Waals surface area contributed by atoms with E-state index in [-0.39, 0.29) is 11.3 Å². The maximum absolute atomic E-state index is 13.9. The van der Waals surface area contributed by atoms with Gasteiger partial charge in [0.2, 0.25) is 0 Å². The van der Waals surface area contributed by atoms with Gasteiger partial charge in [-0.2, -0.15) is 4.39 Å². The van der Waals surface area contributed by atoms with Gasteiger partial charge in [0, 0.05) is 17.1 Å². The number of hydrogen-bond acceptors (Lipinski definition) is 2. The number of hydrogen-bond donors (Lipinski definition) is 2. The molecule has 0 heterocycles. The predicted octanol–water partition coefficient (Wildman–Crippen LogP) is 3.23. The molecule has 92 valence electrons. The Hall–Kier alpha value is -1.24. The molecule has 0 radical (unpaired) electrons. The van der Waals surface area contributed by atoms with Crippen LogP contribution in [0.15, 0.2) is 18.2 Å². The first-order valence-corrected chi connectivity index (χ1v) is 5.82. The third-order valence-electron chi connectivity index (χ3n) is 2.28. The van der Waals surface area contributed by atoms with E-state index in [1.807, 2.05) is 6.92 Å². The normalized spacial score (nSPS) is 13.6. The number of alkyl halides is 1. The van der Waals surface area contributed by atoms with Crippen molar-refractivity contribution in [2.24, 2.45) is 0 Å². The van der Waals surface area contributed by atoms with Crippen molar-refractivity contribution in [3.63, 3.8) is 0 Å². The van der Waals surface area contributed by atoms with E-state index in [0.29, 0.717) is 11.4 Å². The van der Waals surface area contributed by atoms with Crippen LogP contribution < -0.4 is 5.73 Å². The predicted molar refractivity (Wildman–Crippen MR) is 68.2 cm³/mol. The summed E-state index contributed by atoms with van der Waals surface area (Å²) in [6.07, 6.45) is 2.38. The summed E-state index contributed by atoms with van der Waals surface area (Å²) in [5.41, 5.74) is 5.61. The summed E-state index contributed by atoms with van der Waals surface area (Å²) >= 11 is 5.73. The molecule has 1 atom stereocenters. The van der Waals surface area contributed by atoms with E-state index in [2.05, 4.69) is 11.8 Å². The van der Waals surface area contributed by atoms with Crippen LogP contribution in [-0.2, 0) is 5.85 Å². The minimum absolute atomic E-state index is 0.103. The van der Waals surface area contributed by atoms with Crippen LogP contribution in [0.5, 0.6) is 0 Å². The lowest BCUT2D eigenvalue weighted by atomic mass is 10.1. The highest BCUT2D eigenvalue weighted by Crippen LogP contribution is 2.29. The van der Waals surface area contributed by atoms with E-state index in [0.717, 1.165) is 12.8 Å². The van der Waals surface area contributed by atoms with Crippen LogP contribution in [0.1, 0.15) is 31.7 Å². The molecule has 0 fully saturated rings. The van der Waals surface area contributed by atoms with Crippen molar-refractivity contribution in [1.29, 1.82) is 0 Å². The molecule has 17 heavy (non-hydrogen) atoms. The molecule has 0 amide bonds. The number of anilines is 1. The van der Waals surface area contributed by atoms with Crippen molar-refractivity contribution >= 4 is 17.3 Å². The van der Waals surface area contributed by atoms with Gasteiger partial charge in [0.25, 0.3) is 5.85 Å². The van der Waals surface area contributed by atoms with E-state index in [9.17, 15) is 9.50 Å². The fourth-order valence-electron chi connectivity index (χ4n) is 1.33. The Bertz CT molecular complexity index is 448. The van der Waals surface area contributed by atoms with Gasteiger partial charge in [0.05, 0.1) is 5.56 Å². The second-order valence-electron chi connectivity index (χ2n) is 3.76. The number of nitrogen functional groups attached to an aromatic ring is 1. The average molecular weight is 256 g/mol. The van der Waals surface area contributed by atoms with Crippen molar-refractivity contribution in [2.45, 2.75) is 32.0 Å². The molecule has 0 aliphatic carbocycles. The molecule has 2 nitrogen and oxygen atoms in total. The fourth-order valence-corrected chi connectivity index (χ4v) is 1.50. The van der Waals surface area contributed by atoms with Gasteiger partial charge in [0.1, 0.15) is 0 Å². The second-order valence-corrected chi connectivity index (χ2v) is 4.20. The molecule has 0 aliphatic rings. The first kappa shape index (κ1) is 13.8. The standard InChI is InChI=1S/C13H15ClFNO/c1-2-3-4-5-8-13(15,17)11-9-10(14)6-7-12(11)16/h6-7,9,17H,2-4,16H2,1H3/t13-/m0/s1. The second kappa shape index (κ2) is 5.90. The molecule has 1 aromatic rings. The number of nitrogens with two attached hydrogens (primary N) is 1. The summed E-state index contributed by atoms with van der Waals surface area (Å²) in [4.78, 5) is 0. The molecule has 0 bridgehead atoms. The van der Waals surface area contributed by atoms with E-state index in [1.54, 1.807) is 0 Å². The molecule has 0 aromatic heterocycles. The summed E-state index contributed by atoms with van der Waals surface area (Å²) in [5.74, 6) is 2.03. The van der Waals surface area contributed by atoms with Crippen LogP contribution in [0.3, 0.4) is 0 Å². The Labute approximate surface area is 106 Å². The van der Waals surface area contributed by atoms with Crippen LogP contribution in [0.2, 0.25) is 5.02 Å². The van der Waals surface area contributed by atoms with Crippen molar-refractivity contribution in [3.8, 4) is 11.8 Å². The van der Waals surface area contributed by atoms with Crippen molar-refractivity contribution in [3.05, 3.63) is 28.8 Å². The van der Waals surface area contributed by atoms with Crippen molar-refractivity contribution < 1.29 is 9.50 Å². The van der Waals surface area contributed by atoms with Gasteiger partial charge in [-0.3, -0.25) is 0 Å². The molecule has 3 N–H and O–H groups in total. The minimum atomic E-state index is -2.75. The topological polar surface area (TPSA) is 46.2 Å². The first-order valence-electron chi connectivity index (χ1n) is 5.44. The van der Waals surface area contributed by atoms with Crippen LogP contribution in [-0.4, -0.2) is 5.11 Å². The van der Waals surface area contributed by atoms with Gasteiger partial charge < -0.3 is 10.8 Å². The molecule has 1 rings (SSSR count). The van der Waals surface area contributed by atoms with Gasteiger partial charge in [-0.1, -0.05) is 30.9 Å². The molecule has 4 heteroatoms. The van der Waals surface area contributed by atoms with Gasteiger partial charge in [-0.15, -0.1) is 0 Å². The van der Waals surface area contributed by atoms with E-state index < -0.39 is 5.85 Å². The SMILES string of the molecule is CCCCC#C[C@@](O)(F)c1cc(Cl)ccc1N. The number of aliphatic hydroxyl groups is 1. The number of benzene rings is 1. The smallest absolute Gasteiger partial charge is 0.298 e. The van der Waals surface area contributed by atoms with Crippen LogP contribution in [0, 0.1) is 11.8 Å². The minimum Gasteiger partial charge on any atom is -0.398 e. The van der Waals surface area contributed by atoms with Gasteiger partial charge in [-0.05, 0) is 30.5 Å². The lowest BCUT2D eigenvalue weighted by Gasteiger charge is -2.15. The Morgan fingerprint density at radius 3 is 2.88 bits per heavy atom. The van der Waals surface area contributed by atoms with E-state index in [1.165, 1.54) is 18.2 Å². The summed E-state index contributed by atoms with van der Waals surface area (Å²) in [6.45, 7) is 2.01. The third-order valence-corrected chi connectivity index (χ3v) is 2.52. The average Bonchev–Trinajstić information content (AvgIpc) is 2.28. The van der Waals surface area contributed by atoms with Crippen molar-refractivity contribution in [1.82, 2.24) is 0 Å². The summed E-state index contributed by atoms with van der Waals surface area (Å²) < 4.78 is 13.9. The number of halogens is 2. The van der Waals surface area contributed by atoms with Crippen molar-refractivity contribution in [2.75, 3.05) is 5.73 Å². The molecule has 0 saturated heterocycles. The number of unbranched alkanes of at least 4 members (excludes halogenated alkanes) is 2. The molecular formula is C13H15ClFNO. The van der Waals surface area contributed by atoms with Gasteiger partial charge >= 0.3 is 0 Å². The highest BCUT2D eigenvalue weighted by Gasteiger charge is 2.28. The molecule has 0 spiro atoms. The quantitative estimate of drug-likeness (QED) is 0.495. The van der Waals surface area contributed by atoms with E-state index in [4.69, 9.17) is 17.3 Å².